The van der Waals surface area contributed by atoms with Gasteiger partial charge in [0.15, 0.2) is 0 Å². The Morgan fingerprint density at radius 2 is 1.70 bits per heavy atom. The predicted molar refractivity (Wildman–Crippen MR) is 140 cm³/mol. The highest BCUT2D eigenvalue weighted by Crippen LogP contribution is 2.47. The number of piperidine rings is 1. The number of hydrogen-bond acceptors (Lipinski definition) is 6. The minimum Gasteiger partial charge on any atom is -0.465 e. The van der Waals surface area contributed by atoms with Crippen LogP contribution in [0.25, 0.3) is 5.57 Å². The molecular weight excluding hydrogens is 470 g/mol. The molecule has 3 N–H and O–H groups in total. The molecule has 1 unspecified atom stereocenters. The average Bonchev–Trinajstić information content (AvgIpc) is 3.21. The van der Waals surface area contributed by atoms with E-state index in [9.17, 15) is 14.4 Å². The molecule has 37 heavy (non-hydrogen) atoms. The number of nitrogens with two attached hydrogens (primary N) is 1. The van der Waals surface area contributed by atoms with E-state index in [1.807, 2.05) is 60.7 Å². The second-order valence-corrected chi connectivity index (χ2v) is 10.3. The maximum atomic E-state index is 13.6. The van der Waals surface area contributed by atoms with Crippen LogP contribution in [0, 0.1) is 0 Å². The third-order valence-corrected chi connectivity index (χ3v) is 7.13. The Labute approximate surface area is 217 Å². The Kier molecular flexibility index (Phi) is 7.80. The Morgan fingerprint density at radius 1 is 1.05 bits per heavy atom. The number of amides is 2. The van der Waals surface area contributed by atoms with Crippen LogP contribution in [0.4, 0.5) is 0 Å². The van der Waals surface area contributed by atoms with Crippen LogP contribution in [-0.4, -0.2) is 61.1 Å². The number of hydrogen-bond donors (Lipinski definition) is 2. The lowest BCUT2D eigenvalue weighted by Crippen LogP contribution is -2.59. The van der Waals surface area contributed by atoms with Crippen LogP contribution >= 0.6 is 0 Å². The summed E-state index contributed by atoms with van der Waals surface area (Å²) in [4.78, 5) is 40.4. The van der Waals surface area contributed by atoms with E-state index in [0.29, 0.717) is 38.1 Å². The van der Waals surface area contributed by atoms with Crippen molar-refractivity contribution in [2.24, 2.45) is 5.73 Å². The smallest absolute Gasteiger partial charge is 0.338 e. The van der Waals surface area contributed by atoms with Crippen molar-refractivity contribution in [3.8, 4) is 0 Å². The van der Waals surface area contributed by atoms with Gasteiger partial charge in [-0.05, 0) is 43.4 Å². The molecule has 8 nitrogen and oxygen atoms in total. The lowest BCUT2D eigenvalue weighted by Gasteiger charge is -2.40. The van der Waals surface area contributed by atoms with Gasteiger partial charge in [0, 0.05) is 18.5 Å². The molecule has 0 saturated carbocycles. The van der Waals surface area contributed by atoms with Crippen LogP contribution in [0.15, 0.2) is 60.7 Å². The summed E-state index contributed by atoms with van der Waals surface area (Å²) < 4.78 is 10.8. The van der Waals surface area contributed by atoms with E-state index in [4.69, 9.17) is 15.2 Å². The van der Waals surface area contributed by atoms with Crippen LogP contribution in [0.1, 0.15) is 43.4 Å². The number of ether oxygens (including phenoxy) is 2. The van der Waals surface area contributed by atoms with Crippen LogP contribution < -0.4 is 11.1 Å². The van der Waals surface area contributed by atoms with E-state index in [1.54, 1.807) is 18.7 Å². The first-order chi connectivity index (χ1) is 17.6. The maximum Gasteiger partial charge on any atom is 0.338 e. The number of allylic oxidation sites excluding steroid dienone is 1. The highest BCUT2D eigenvalue weighted by molar-refractivity contribution is 6.18. The topological polar surface area (TPSA) is 111 Å². The first kappa shape index (κ1) is 26.6. The van der Waals surface area contributed by atoms with Gasteiger partial charge in [0.1, 0.15) is 6.04 Å². The molecule has 2 aromatic carbocycles. The fourth-order valence-electron chi connectivity index (χ4n) is 5.01. The van der Waals surface area contributed by atoms with E-state index >= 15 is 0 Å². The zero-order valence-corrected chi connectivity index (χ0v) is 21.7. The molecule has 0 aromatic heterocycles. The Morgan fingerprint density at radius 3 is 2.35 bits per heavy atom. The molecule has 1 aliphatic heterocycles. The number of carbonyl (C=O) groups is 3. The quantitative estimate of drug-likeness (QED) is 0.534. The molecule has 1 saturated heterocycles. The molecule has 1 aliphatic carbocycles. The molecule has 1 atom stereocenters. The van der Waals surface area contributed by atoms with Gasteiger partial charge in [-0.25, -0.2) is 4.79 Å². The van der Waals surface area contributed by atoms with Gasteiger partial charge in [-0.2, -0.15) is 0 Å². The summed E-state index contributed by atoms with van der Waals surface area (Å²) >= 11 is 0. The van der Waals surface area contributed by atoms with E-state index in [1.165, 1.54) is 7.11 Å². The first-order valence-electron chi connectivity index (χ1n) is 12.6. The number of esters is 1. The predicted octanol–water partition coefficient (Wildman–Crippen LogP) is 2.56. The van der Waals surface area contributed by atoms with Crippen molar-refractivity contribution in [1.29, 1.82) is 0 Å². The summed E-state index contributed by atoms with van der Waals surface area (Å²) in [7, 11) is 1.38. The third kappa shape index (κ3) is 5.76. The van der Waals surface area contributed by atoms with Gasteiger partial charge in [0.25, 0.3) is 0 Å². The van der Waals surface area contributed by atoms with Gasteiger partial charge in [-0.1, -0.05) is 60.7 Å². The van der Waals surface area contributed by atoms with Gasteiger partial charge < -0.3 is 25.4 Å². The fourth-order valence-corrected chi connectivity index (χ4v) is 5.01. The molecule has 4 rings (SSSR count). The van der Waals surface area contributed by atoms with Gasteiger partial charge in [0.05, 0.1) is 31.4 Å². The van der Waals surface area contributed by atoms with Crippen molar-refractivity contribution in [3.63, 3.8) is 0 Å². The molecule has 2 aliphatic rings. The Bertz CT molecular complexity index is 1180. The molecule has 8 heteroatoms. The van der Waals surface area contributed by atoms with Crippen molar-refractivity contribution in [3.05, 3.63) is 77.4 Å². The molecule has 1 heterocycles. The maximum absolute atomic E-state index is 13.6. The van der Waals surface area contributed by atoms with Crippen molar-refractivity contribution in [1.82, 2.24) is 10.2 Å². The monoisotopic (exact) mass is 505 g/mol. The van der Waals surface area contributed by atoms with Gasteiger partial charge >= 0.3 is 5.97 Å². The summed E-state index contributed by atoms with van der Waals surface area (Å²) in [5, 5.41) is 2.79. The molecule has 2 amide bonds. The number of carbonyl (C=O) groups excluding carboxylic acids is 3. The SMILES string of the molecule is COC(=O)C1=CC2(CCN(C(=O)C(COCc3ccccc3)NC(=O)C(C)(C)N)CC2)c2ccccc21. The number of fused-ring (bicyclic) bond motifs is 2. The van der Waals surface area contributed by atoms with Crippen molar-refractivity contribution >= 4 is 23.4 Å². The molecule has 196 valence electrons. The van der Waals surface area contributed by atoms with Gasteiger partial charge in [-0.3, -0.25) is 9.59 Å². The zero-order chi connectivity index (χ0) is 26.6. The van der Waals surface area contributed by atoms with Crippen molar-refractivity contribution in [2.45, 2.75) is 50.3 Å². The van der Waals surface area contributed by atoms with Crippen molar-refractivity contribution in [2.75, 3.05) is 26.8 Å². The number of nitrogens with one attached hydrogen (secondary N) is 1. The number of nitrogens with zero attached hydrogens (tertiary/aromatic N) is 1. The Balaban J connectivity index is 1.47. The molecular formula is C29H35N3O5. The number of benzene rings is 2. The average molecular weight is 506 g/mol. The largest absolute Gasteiger partial charge is 0.465 e. The summed E-state index contributed by atoms with van der Waals surface area (Å²) in [6.07, 6.45) is 3.32. The second kappa shape index (κ2) is 10.9. The standard InChI is InChI=1S/C29H35N3O5/c1-28(2,30)27(35)31-24(19-37-18-20-9-5-4-6-10-20)25(33)32-15-13-29(14-16-32)17-22(26(34)36-3)21-11-7-8-12-23(21)29/h4-12,17,24H,13-16,18-19,30H2,1-3H3,(H,31,35). The van der Waals surface area contributed by atoms with Crippen LogP contribution in [0.2, 0.25) is 0 Å². The highest BCUT2D eigenvalue weighted by atomic mass is 16.5. The molecule has 1 fully saturated rings. The Hall–Kier alpha value is -3.49. The van der Waals surface area contributed by atoms with Crippen LogP contribution in [0.5, 0.6) is 0 Å². The highest BCUT2D eigenvalue weighted by Gasteiger charge is 2.44. The molecule has 0 radical (unpaired) electrons. The lowest BCUT2D eigenvalue weighted by molar-refractivity contribution is -0.140. The normalized spacial score (nSPS) is 17.1. The van der Waals surface area contributed by atoms with E-state index in [2.05, 4.69) is 5.32 Å². The zero-order valence-electron chi connectivity index (χ0n) is 21.7. The molecule has 0 bridgehead atoms. The first-order valence-corrected chi connectivity index (χ1v) is 12.6. The van der Waals surface area contributed by atoms with Gasteiger partial charge in [0.2, 0.25) is 11.8 Å². The summed E-state index contributed by atoms with van der Waals surface area (Å²) in [5.41, 5.74) is 8.03. The number of methoxy groups -OCH3 is 1. The minimum atomic E-state index is -1.13. The summed E-state index contributed by atoms with van der Waals surface area (Å²) in [6, 6.07) is 16.7. The van der Waals surface area contributed by atoms with E-state index in [-0.39, 0.29) is 23.9 Å². The fraction of sp³-hybridized carbons (Fsp3) is 0.414. The number of likely N-dealkylation sites (tertiary alicyclic amines) is 1. The van der Waals surface area contributed by atoms with Gasteiger partial charge in [-0.15, -0.1) is 0 Å². The summed E-state index contributed by atoms with van der Waals surface area (Å²) in [6.45, 7) is 4.52. The van der Waals surface area contributed by atoms with Crippen LogP contribution in [-0.2, 0) is 35.9 Å². The number of rotatable bonds is 8. The van der Waals surface area contributed by atoms with Crippen LogP contribution in [0.3, 0.4) is 0 Å². The lowest BCUT2D eigenvalue weighted by atomic mass is 9.74. The minimum absolute atomic E-state index is 0.0341. The third-order valence-electron chi connectivity index (χ3n) is 7.13. The van der Waals surface area contributed by atoms with E-state index in [0.717, 1.165) is 16.7 Å². The molecule has 1 spiro atoms. The van der Waals surface area contributed by atoms with E-state index < -0.39 is 17.5 Å². The second-order valence-electron chi connectivity index (χ2n) is 10.3. The molecule has 2 aromatic rings. The summed E-state index contributed by atoms with van der Waals surface area (Å²) in [5.74, 6) is -0.979. The van der Waals surface area contributed by atoms with Crippen molar-refractivity contribution < 1.29 is 23.9 Å².